The van der Waals surface area contributed by atoms with E-state index in [4.69, 9.17) is 9.15 Å². The Bertz CT molecular complexity index is 1070. The molecular weight excluding hydrogens is 388 g/mol. The number of amides is 1. The third-order valence-electron chi connectivity index (χ3n) is 4.89. The first kappa shape index (κ1) is 22.1. The highest BCUT2D eigenvalue weighted by molar-refractivity contribution is 5.94. The zero-order valence-corrected chi connectivity index (χ0v) is 18.4. The first-order valence-electron chi connectivity index (χ1n) is 10.3. The van der Waals surface area contributed by atoms with Gasteiger partial charge in [-0.05, 0) is 69.7 Å². The summed E-state index contributed by atoms with van der Waals surface area (Å²) in [5.74, 6) is 1.90. The number of benzene rings is 2. The van der Waals surface area contributed by atoms with Crippen molar-refractivity contribution < 1.29 is 13.9 Å². The molecule has 0 saturated heterocycles. The van der Waals surface area contributed by atoms with Crippen molar-refractivity contribution in [3.63, 3.8) is 0 Å². The summed E-state index contributed by atoms with van der Waals surface area (Å²) in [5.41, 5.74) is 4.39. The van der Waals surface area contributed by atoms with E-state index in [0.29, 0.717) is 30.4 Å². The molecule has 1 N–H and O–H groups in total. The minimum Gasteiger partial charge on any atom is -0.487 e. The summed E-state index contributed by atoms with van der Waals surface area (Å²) in [6.45, 7) is 8.64. The van der Waals surface area contributed by atoms with Crippen LogP contribution in [0.3, 0.4) is 0 Å². The molecule has 160 valence electrons. The van der Waals surface area contributed by atoms with Gasteiger partial charge in [0.25, 0.3) is 5.91 Å². The van der Waals surface area contributed by atoms with E-state index < -0.39 is 0 Å². The zero-order chi connectivity index (χ0) is 22.2. The minimum absolute atomic E-state index is 0.119. The Labute approximate surface area is 183 Å². The van der Waals surface area contributed by atoms with Gasteiger partial charge in [-0.15, -0.1) is 0 Å². The number of aromatic nitrogens is 1. The molecule has 0 aliphatic heterocycles. The van der Waals surface area contributed by atoms with Crippen molar-refractivity contribution in [2.24, 2.45) is 0 Å². The van der Waals surface area contributed by atoms with Gasteiger partial charge in [0.2, 0.25) is 5.89 Å². The number of nitrogens with zero attached hydrogens (tertiary/aromatic N) is 1. The number of oxazole rings is 1. The van der Waals surface area contributed by atoms with Crippen LogP contribution in [0.15, 0.2) is 76.7 Å². The fourth-order valence-corrected chi connectivity index (χ4v) is 2.99. The zero-order valence-electron chi connectivity index (χ0n) is 18.4. The van der Waals surface area contributed by atoms with Crippen LogP contribution >= 0.6 is 0 Å². The number of aryl methyl sites for hydroxylation is 2. The van der Waals surface area contributed by atoms with Crippen molar-refractivity contribution in [1.82, 2.24) is 10.3 Å². The largest absolute Gasteiger partial charge is 0.487 e. The van der Waals surface area contributed by atoms with E-state index in [1.807, 2.05) is 82.3 Å². The number of nitrogens with one attached hydrogen (secondary N) is 1. The molecule has 0 fully saturated rings. The normalized spacial score (nSPS) is 11.7. The molecule has 3 rings (SSSR count). The maximum Gasteiger partial charge on any atom is 0.251 e. The molecule has 1 amide bonds. The number of carbonyl (C=O) groups is 1. The van der Waals surface area contributed by atoms with Crippen molar-refractivity contribution >= 4 is 5.91 Å². The van der Waals surface area contributed by atoms with E-state index in [9.17, 15) is 4.79 Å². The number of allylic oxidation sites excluding steroid dienone is 2. The molecule has 0 atom stereocenters. The molecule has 0 radical (unpaired) electrons. The van der Waals surface area contributed by atoms with E-state index in [2.05, 4.69) is 10.3 Å². The van der Waals surface area contributed by atoms with Crippen LogP contribution in [-0.2, 0) is 6.61 Å². The number of rotatable bonds is 8. The van der Waals surface area contributed by atoms with Gasteiger partial charge in [-0.25, -0.2) is 4.98 Å². The number of hydrogen-bond acceptors (Lipinski definition) is 4. The van der Waals surface area contributed by atoms with E-state index in [0.717, 1.165) is 22.6 Å². The predicted molar refractivity (Wildman–Crippen MR) is 123 cm³/mol. The van der Waals surface area contributed by atoms with Gasteiger partial charge in [-0.1, -0.05) is 35.9 Å². The lowest BCUT2D eigenvalue weighted by Gasteiger charge is -2.06. The third-order valence-corrected chi connectivity index (χ3v) is 4.89. The third kappa shape index (κ3) is 5.95. The molecule has 5 heteroatoms. The summed E-state index contributed by atoms with van der Waals surface area (Å²) in [6, 6.07) is 15.1. The van der Waals surface area contributed by atoms with Crippen molar-refractivity contribution in [3.8, 4) is 17.2 Å². The summed E-state index contributed by atoms with van der Waals surface area (Å²) in [6.07, 6.45) is 5.91. The summed E-state index contributed by atoms with van der Waals surface area (Å²) in [4.78, 5) is 17.0. The standard InChI is InChI=1S/C26H28N2O3/c1-5-7-20(6-2)16-27-25(29)21-10-12-22(13-11-21)26-28-24(19(4)31-26)17-30-23-14-8-18(3)9-15-23/h5-15H,16-17H2,1-4H3,(H,27,29). The van der Waals surface area contributed by atoms with Gasteiger partial charge >= 0.3 is 0 Å². The van der Waals surface area contributed by atoms with Gasteiger partial charge in [-0.3, -0.25) is 4.79 Å². The van der Waals surface area contributed by atoms with Crippen LogP contribution in [0, 0.1) is 13.8 Å². The average Bonchev–Trinajstić information content (AvgIpc) is 3.16. The van der Waals surface area contributed by atoms with Gasteiger partial charge in [-0.2, -0.15) is 0 Å². The van der Waals surface area contributed by atoms with E-state index >= 15 is 0 Å². The number of ether oxygens (including phenoxy) is 1. The quantitative estimate of drug-likeness (QED) is 0.472. The van der Waals surface area contributed by atoms with Crippen LogP contribution in [0.25, 0.3) is 11.5 Å². The molecule has 31 heavy (non-hydrogen) atoms. The highest BCUT2D eigenvalue weighted by Crippen LogP contribution is 2.23. The maximum absolute atomic E-state index is 12.4. The molecule has 0 unspecified atom stereocenters. The summed E-state index contributed by atoms with van der Waals surface area (Å²) in [7, 11) is 0. The molecule has 0 spiro atoms. The smallest absolute Gasteiger partial charge is 0.251 e. The van der Waals surface area contributed by atoms with E-state index in [1.54, 1.807) is 12.1 Å². The second kappa shape index (κ2) is 10.4. The second-order valence-electron chi connectivity index (χ2n) is 7.25. The highest BCUT2D eigenvalue weighted by atomic mass is 16.5. The van der Waals surface area contributed by atoms with Gasteiger partial charge in [0.1, 0.15) is 23.8 Å². The molecule has 0 aliphatic rings. The fraction of sp³-hybridized carbons (Fsp3) is 0.231. The Balaban J connectivity index is 1.63. The molecule has 3 aromatic rings. The summed E-state index contributed by atoms with van der Waals surface area (Å²) < 4.78 is 11.6. The molecule has 1 heterocycles. The van der Waals surface area contributed by atoms with Gasteiger partial charge in [0.15, 0.2) is 0 Å². The lowest BCUT2D eigenvalue weighted by Crippen LogP contribution is -2.25. The van der Waals surface area contributed by atoms with Crippen LogP contribution in [0.1, 0.15) is 41.2 Å². The van der Waals surface area contributed by atoms with Crippen molar-refractivity contribution in [3.05, 3.63) is 94.9 Å². The van der Waals surface area contributed by atoms with Crippen molar-refractivity contribution in [1.29, 1.82) is 0 Å². The first-order valence-corrected chi connectivity index (χ1v) is 10.3. The van der Waals surface area contributed by atoms with E-state index in [1.165, 1.54) is 5.56 Å². The molecule has 0 aliphatic carbocycles. The van der Waals surface area contributed by atoms with Crippen LogP contribution in [0.2, 0.25) is 0 Å². The Morgan fingerprint density at radius 3 is 2.42 bits per heavy atom. The Hall–Kier alpha value is -3.60. The fourth-order valence-electron chi connectivity index (χ4n) is 2.99. The summed E-state index contributed by atoms with van der Waals surface area (Å²) in [5, 5.41) is 2.93. The van der Waals surface area contributed by atoms with Crippen LogP contribution in [0.5, 0.6) is 5.75 Å². The summed E-state index contributed by atoms with van der Waals surface area (Å²) >= 11 is 0. The highest BCUT2D eigenvalue weighted by Gasteiger charge is 2.13. The van der Waals surface area contributed by atoms with Crippen molar-refractivity contribution in [2.75, 3.05) is 6.54 Å². The lowest BCUT2D eigenvalue weighted by atomic mass is 10.1. The monoisotopic (exact) mass is 416 g/mol. The first-order chi connectivity index (χ1) is 15.0. The molecule has 2 aromatic carbocycles. The van der Waals surface area contributed by atoms with E-state index in [-0.39, 0.29) is 5.91 Å². The van der Waals surface area contributed by atoms with Crippen LogP contribution < -0.4 is 10.1 Å². The maximum atomic E-state index is 12.4. The average molecular weight is 417 g/mol. The van der Waals surface area contributed by atoms with Gasteiger partial charge in [0.05, 0.1) is 0 Å². The topological polar surface area (TPSA) is 64.4 Å². The minimum atomic E-state index is -0.119. The van der Waals surface area contributed by atoms with Gasteiger partial charge in [0, 0.05) is 17.7 Å². The van der Waals surface area contributed by atoms with Crippen LogP contribution in [-0.4, -0.2) is 17.4 Å². The van der Waals surface area contributed by atoms with Crippen LogP contribution in [0.4, 0.5) is 0 Å². The molecule has 1 aromatic heterocycles. The SMILES string of the molecule is CC=CC(=CC)CNC(=O)c1ccc(-c2nc(COc3ccc(C)cc3)c(C)o2)cc1. The molecule has 5 nitrogen and oxygen atoms in total. The molecule has 0 bridgehead atoms. The lowest BCUT2D eigenvalue weighted by molar-refractivity contribution is 0.0957. The number of hydrogen-bond donors (Lipinski definition) is 1. The van der Waals surface area contributed by atoms with Crippen molar-refractivity contribution in [2.45, 2.75) is 34.3 Å². The number of carbonyl (C=O) groups excluding carboxylic acids is 1. The van der Waals surface area contributed by atoms with Gasteiger partial charge < -0.3 is 14.5 Å². The Morgan fingerprint density at radius 2 is 1.77 bits per heavy atom. The Morgan fingerprint density at radius 1 is 1.06 bits per heavy atom. The Kier molecular flexibility index (Phi) is 7.44. The predicted octanol–water partition coefficient (Wildman–Crippen LogP) is 5.79. The molecular formula is C26H28N2O3. The molecule has 0 saturated carbocycles. The second-order valence-corrected chi connectivity index (χ2v) is 7.25.